The predicted molar refractivity (Wildman–Crippen MR) is 42.5 cm³/mol. The normalized spacial score (nSPS) is 29.8. The second-order valence-corrected chi connectivity index (χ2v) is 2.79. The van der Waals surface area contributed by atoms with Gasteiger partial charge in [-0.05, 0) is 6.08 Å². The Hall–Kier alpha value is -0.630. The first-order valence-electron chi connectivity index (χ1n) is 3.30. The molecule has 0 aliphatic heterocycles. The quantitative estimate of drug-likeness (QED) is 0.463. The molecule has 3 heteroatoms. The van der Waals surface area contributed by atoms with Crippen molar-refractivity contribution in [2.45, 2.75) is 12.1 Å². The maximum Gasteiger partial charge on any atom is 0.149 e. The number of rotatable bonds is 2. The molecule has 1 rings (SSSR count). The molecule has 0 heterocycles. The predicted octanol–water partition coefficient (Wildman–Crippen LogP) is 2.02. The molecule has 0 spiro atoms. The van der Waals surface area contributed by atoms with Crippen molar-refractivity contribution in [3.05, 3.63) is 23.8 Å². The van der Waals surface area contributed by atoms with Crippen LogP contribution in [0.1, 0.15) is 6.42 Å². The van der Waals surface area contributed by atoms with Gasteiger partial charge in [0.15, 0.2) is 0 Å². The summed E-state index contributed by atoms with van der Waals surface area (Å²) < 4.78 is 13.2. The SMILES string of the molecule is O=CC1=CCC(F)(CCl)C=C1. The Bertz CT molecular complexity index is 222. The zero-order chi connectivity index (χ0) is 8.32. The minimum absolute atomic E-state index is 0.0634. The van der Waals surface area contributed by atoms with E-state index in [9.17, 15) is 9.18 Å². The minimum atomic E-state index is -1.45. The molecule has 0 saturated carbocycles. The second-order valence-electron chi connectivity index (χ2n) is 2.53. The van der Waals surface area contributed by atoms with Crippen LogP contribution in [0.4, 0.5) is 4.39 Å². The molecular weight excluding hydrogens is 167 g/mol. The first kappa shape index (κ1) is 8.47. The number of allylic oxidation sites excluding steroid dienone is 4. The van der Waals surface area contributed by atoms with Crippen molar-refractivity contribution in [3.8, 4) is 0 Å². The number of hydrogen-bond donors (Lipinski definition) is 0. The summed E-state index contributed by atoms with van der Waals surface area (Å²) in [4.78, 5) is 10.2. The van der Waals surface area contributed by atoms with Crippen molar-refractivity contribution in [2.75, 3.05) is 5.88 Å². The minimum Gasteiger partial charge on any atom is -0.298 e. The van der Waals surface area contributed by atoms with Crippen LogP contribution >= 0.6 is 11.6 Å². The molecule has 0 fully saturated rings. The average molecular weight is 175 g/mol. The summed E-state index contributed by atoms with van der Waals surface area (Å²) in [7, 11) is 0. The largest absolute Gasteiger partial charge is 0.298 e. The van der Waals surface area contributed by atoms with Crippen molar-refractivity contribution in [1.82, 2.24) is 0 Å². The standard InChI is InChI=1S/C8H8ClFO/c9-6-8(10)3-1-7(5-11)2-4-8/h1-3,5H,4,6H2. The molecule has 0 aromatic carbocycles. The fourth-order valence-electron chi connectivity index (χ4n) is 0.856. The van der Waals surface area contributed by atoms with E-state index in [0.29, 0.717) is 11.9 Å². The molecule has 0 saturated heterocycles. The molecular formula is C8H8ClFO. The summed E-state index contributed by atoms with van der Waals surface area (Å²) in [6.07, 6.45) is 5.24. The van der Waals surface area contributed by atoms with Crippen LogP contribution in [0.5, 0.6) is 0 Å². The van der Waals surface area contributed by atoms with Crippen LogP contribution in [0.25, 0.3) is 0 Å². The number of hydrogen-bond acceptors (Lipinski definition) is 1. The van der Waals surface area contributed by atoms with Gasteiger partial charge in [0, 0.05) is 12.0 Å². The van der Waals surface area contributed by atoms with E-state index in [0.717, 1.165) is 0 Å². The summed E-state index contributed by atoms with van der Waals surface area (Å²) in [6.45, 7) is 0. The van der Waals surface area contributed by atoms with Crippen molar-refractivity contribution in [2.24, 2.45) is 0 Å². The molecule has 1 atom stereocenters. The topological polar surface area (TPSA) is 17.1 Å². The van der Waals surface area contributed by atoms with Crippen LogP contribution in [0, 0.1) is 0 Å². The number of aldehydes is 1. The zero-order valence-corrected chi connectivity index (χ0v) is 6.64. The van der Waals surface area contributed by atoms with Crippen LogP contribution < -0.4 is 0 Å². The molecule has 0 aromatic heterocycles. The molecule has 0 radical (unpaired) electrons. The lowest BCUT2D eigenvalue weighted by Crippen LogP contribution is -2.23. The second kappa shape index (κ2) is 3.18. The third kappa shape index (κ3) is 1.90. The number of halogens is 2. The van der Waals surface area contributed by atoms with Crippen molar-refractivity contribution in [3.63, 3.8) is 0 Å². The van der Waals surface area contributed by atoms with E-state index >= 15 is 0 Å². The van der Waals surface area contributed by atoms with E-state index in [1.54, 1.807) is 6.08 Å². The Morgan fingerprint density at radius 2 is 2.55 bits per heavy atom. The Kier molecular flexibility index (Phi) is 2.45. The highest BCUT2D eigenvalue weighted by molar-refractivity contribution is 6.18. The zero-order valence-electron chi connectivity index (χ0n) is 5.89. The Morgan fingerprint density at radius 1 is 1.82 bits per heavy atom. The van der Waals surface area contributed by atoms with Gasteiger partial charge >= 0.3 is 0 Å². The van der Waals surface area contributed by atoms with E-state index in [4.69, 9.17) is 11.6 Å². The van der Waals surface area contributed by atoms with Crippen LogP contribution in [-0.4, -0.2) is 17.8 Å². The van der Waals surface area contributed by atoms with E-state index in [1.165, 1.54) is 12.2 Å². The maximum absolute atomic E-state index is 13.2. The van der Waals surface area contributed by atoms with Crippen molar-refractivity contribution >= 4 is 17.9 Å². The van der Waals surface area contributed by atoms with Gasteiger partial charge in [0.25, 0.3) is 0 Å². The Labute approximate surface area is 69.5 Å². The summed E-state index contributed by atoms with van der Waals surface area (Å²) in [5.41, 5.74) is -0.933. The van der Waals surface area contributed by atoms with Crippen LogP contribution in [-0.2, 0) is 4.79 Å². The molecule has 60 valence electrons. The van der Waals surface area contributed by atoms with Gasteiger partial charge in [-0.1, -0.05) is 12.2 Å². The fraction of sp³-hybridized carbons (Fsp3) is 0.375. The highest BCUT2D eigenvalue weighted by Crippen LogP contribution is 2.25. The van der Waals surface area contributed by atoms with Gasteiger partial charge < -0.3 is 0 Å². The number of alkyl halides is 2. The van der Waals surface area contributed by atoms with Gasteiger partial charge in [-0.25, -0.2) is 4.39 Å². The van der Waals surface area contributed by atoms with Gasteiger partial charge in [0.2, 0.25) is 0 Å². The first-order valence-corrected chi connectivity index (χ1v) is 3.83. The molecule has 1 unspecified atom stereocenters. The fourth-order valence-corrected chi connectivity index (χ4v) is 1.05. The lowest BCUT2D eigenvalue weighted by molar-refractivity contribution is -0.104. The molecule has 0 amide bonds. The van der Waals surface area contributed by atoms with Crippen LogP contribution in [0.2, 0.25) is 0 Å². The highest BCUT2D eigenvalue weighted by atomic mass is 35.5. The smallest absolute Gasteiger partial charge is 0.149 e. The lowest BCUT2D eigenvalue weighted by Gasteiger charge is -2.19. The molecule has 0 N–H and O–H groups in total. The summed E-state index contributed by atoms with van der Waals surface area (Å²) in [5, 5.41) is 0. The Morgan fingerprint density at radius 3 is 2.91 bits per heavy atom. The van der Waals surface area contributed by atoms with E-state index in [2.05, 4.69) is 0 Å². The van der Waals surface area contributed by atoms with Gasteiger partial charge in [-0.3, -0.25) is 4.79 Å². The highest BCUT2D eigenvalue weighted by Gasteiger charge is 2.25. The molecule has 0 bridgehead atoms. The van der Waals surface area contributed by atoms with Crippen molar-refractivity contribution in [1.29, 1.82) is 0 Å². The molecule has 0 aromatic rings. The van der Waals surface area contributed by atoms with E-state index in [1.807, 2.05) is 0 Å². The van der Waals surface area contributed by atoms with Gasteiger partial charge in [-0.2, -0.15) is 0 Å². The third-order valence-electron chi connectivity index (χ3n) is 1.61. The summed E-state index contributed by atoms with van der Waals surface area (Å²) in [5.74, 6) is -0.0634. The molecule has 1 aliphatic rings. The molecule has 1 nitrogen and oxygen atoms in total. The third-order valence-corrected chi connectivity index (χ3v) is 2.05. The lowest BCUT2D eigenvalue weighted by atomic mass is 9.96. The molecule has 11 heavy (non-hydrogen) atoms. The monoisotopic (exact) mass is 174 g/mol. The average Bonchev–Trinajstić information content (AvgIpc) is 2.06. The van der Waals surface area contributed by atoms with E-state index < -0.39 is 5.67 Å². The van der Waals surface area contributed by atoms with Gasteiger partial charge in [0.1, 0.15) is 12.0 Å². The summed E-state index contributed by atoms with van der Waals surface area (Å²) >= 11 is 5.37. The number of carbonyl (C=O) groups is 1. The first-order chi connectivity index (χ1) is 5.20. The van der Waals surface area contributed by atoms with Gasteiger partial charge in [0.05, 0.1) is 5.88 Å². The van der Waals surface area contributed by atoms with Crippen LogP contribution in [0.3, 0.4) is 0 Å². The number of carbonyl (C=O) groups excluding carboxylic acids is 1. The van der Waals surface area contributed by atoms with Gasteiger partial charge in [-0.15, -0.1) is 11.6 Å². The summed E-state index contributed by atoms with van der Waals surface area (Å²) in [6, 6.07) is 0. The Balaban J connectivity index is 2.70. The maximum atomic E-state index is 13.2. The van der Waals surface area contributed by atoms with Crippen LogP contribution in [0.15, 0.2) is 23.8 Å². The van der Waals surface area contributed by atoms with E-state index in [-0.39, 0.29) is 12.3 Å². The molecule has 1 aliphatic carbocycles. The van der Waals surface area contributed by atoms with Crippen molar-refractivity contribution < 1.29 is 9.18 Å².